The number of nitrogens with one attached hydrogen (secondary N) is 1. The highest BCUT2D eigenvalue weighted by Gasteiger charge is 2.12. The van der Waals surface area contributed by atoms with E-state index in [2.05, 4.69) is 10.2 Å². The highest BCUT2D eigenvalue weighted by Crippen LogP contribution is 2.24. The van der Waals surface area contributed by atoms with E-state index in [0.717, 1.165) is 41.7 Å². The van der Waals surface area contributed by atoms with E-state index in [0.29, 0.717) is 29.6 Å². The van der Waals surface area contributed by atoms with Crippen LogP contribution in [0, 0.1) is 0 Å². The SMILES string of the molecule is NC(=O)c1cccc(-c2ccc3c(=O)n(Cc4ccc(C(=O)NCCN5CCCC5)cc4)ccc3c2)c1. The first kappa shape index (κ1) is 24.5. The highest BCUT2D eigenvalue weighted by molar-refractivity contribution is 5.95. The van der Waals surface area contributed by atoms with Gasteiger partial charge in [0.2, 0.25) is 5.91 Å². The van der Waals surface area contributed by atoms with E-state index in [9.17, 15) is 14.4 Å². The van der Waals surface area contributed by atoms with Crippen LogP contribution in [0.1, 0.15) is 39.1 Å². The smallest absolute Gasteiger partial charge is 0.258 e. The third-order valence-electron chi connectivity index (χ3n) is 6.94. The van der Waals surface area contributed by atoms with Crippen molar-refractivity contribution in [3.05, 3.63) is 106 Å². The first-order valence-electron chi connectivity index (χ1n) is 12.6. The lowest BCUT2D eigenvalue weighted by atomic mass is 10.00. The Balaban J connectivity index is 1.27. The Bertz CT molecular complexity index is 1500. The summed E-state index contributed by atoms with van der Waals surface area (Å²) in [5.74, 6) is -0.553. The molecule has 1 aliphatic rings. The molecule has 0 saturated carbocycles. The molecule has 188 valence electrons. The molecule has 3 aromatic carbocycles. The Hall–Kier alpha value is -4.23. The van der Waals surface area contributed by atoms with Crippen molar-refractivity contribution in [2.75, 3.05) is 26.2 Å². The molecular weight excluding hydrogens is 464 g/mol. The van der Waals surface area contributed by atoms with Crippen molar-refractivity contribution in [3.63, 3.8) is 0 Å². The molecule has 7 heteroatoms. The molecule has 37 heavy (non-hydrogen) atoms. The molecule has 7 nitrogen and oxygen atoms in total. The van der Waals surface area contributed by atoms with Crippen molar-refractivity contribution in [1.82, 2.24) is 14.8 Å². The predicted molar refractivity (Wildman–Crippen MR) is 146 cm³/mol. The largest absolute Gasteiger partial charge is 0.366 e. The van der Waals surface area contributed by atoms with E-state index < -0.39 is 5.91 Å². The molecule has 0 unspecified atom stereocenters. The maximum atomic E-state index is 13.2. The lowest BCUT2D eigenvalue weighted by molar-refractivity contribution is 0.0948. The molecular formula is C30H30N4O3. The Labute approximate surface area is 215 Å². The van der Waals surface area contributed by atoms with Crippen LogP contribution in [0.3, 0.4) is 0 Å². The molecule has 1 fully saturated rings. The number of nitrogens with two attached hydrogens (primary N) is 1. The lowest BCUT2D eigenvalue weighted by Crippen LogP contribution is -2.33. The molecule has 0 radical (unpaired) electrons. The van der Waals surface area contributed by atoms with Crippen LogP contribution in [0.5, 0.6) is 0 Å². The van der Waals surface area contributed by atoms with Gasteiger partial charge in [0, 0.05) is 35.8 Å². The third-order valence-corrected chi connectivity index (χ3v) is 6.94. The van der Waals surface area contributed by atoms with Crippen LogP contribution < -0.4 is 16.6 Å². The number of carbonyl (C=O) groups excluding carboxylic acids is 2. The fraction of sp³-hybridized carbons (Fsp3) is 0.233. The van der Waals surface area contributed by atoms with Crippen molar-refractivity contribution in [2.24, 2.45) is 5.73 Å². The second-order valence-corrected chi connectivity index (χ2v) is 9.50. The number of likely N-dealkylation sites (tertiary alicyclic amines) is 1. The van der Waals surface area contributed by atoms with Crippen LogP contribution >= 0.6 is 0 Å². The quantitative estimate of drug-likeness (QED) is 0.391. The van der Waals surface area contributed by atoms with E-state index in [4.69, 9.17) is 5.73 Å². The van der Waals surface area contributed by atoms with Crippen LogP contribution in [0.25, 0.3) is 21.9 Å². The number of benzene rings is 3. The van der Waals surface area contributed by atoms with Crippen molar-refractivity contribution < 1.29 is 9.59 Å². The fourth-order valence-corrected chi connectivity index (χ4v) is 4.84. The van der Waals surface area contributed by atoms with E-state index in [-0.39, 0.29) is 11.5 Å². The zero-order chi connectivity index (χ0) is 25.8. The lowest BCUT2D eigenvalue weighted by Gasteiger charge is -2.14. The predicted octanol–water partition coefficient (Wildman–Crippen LogP) is 3.64. The second-order valence-electron chi connectivity index (χ2n) is 9.50. The Morgan fingerprint density at radius 1 is 0.865 bits per heavy atom. The maximum absolute atomic E-state index is 13.2. The summed E-state index contributed by atoms with van der Waals surface area (Å²) in [5.41, 5.74) is 9.09. The van der Waals surface area contributed by atoms with Gasteiger partial charge in [0.1, 0.15) is 0 Å². The highest BCUT2D eigenvalue weighted by atomic mass is 16.2. The molecule has 0 spiro atoms. The Morgan fingerprint density at radius 3 is 2.38 bits per heavy atom. The van der Waals surface area contributed by atoms with Gasteiger partial charge in [0.15, 0.2) is 0 Å². The molecule has 0 aliphatic carbocycles. The van der Waals surface area contributed by atoms with Gasteiger partial charge in [0.05, 0.1) is 6.54 Å². The zero-order valence-corrected chi connectivity index (χ0v) is 20.7. The number of hydrogen-bond acceptors (Lipinski definition) is 4. The van der Waals surface area contributed by atoms with Crippen molar-refractivity contribution >= 4 is 22.6 Å². The maximum Gasteiger partial charge on any atom is 0.258 e. The minimum atomic E-state index is -0.475. The first-order chi connectivity index (χ1) is 18.0. The number of primary amides is 1. The van der Waals surface area contributed by atoms with Crippen LogP contribution in [0.4, 0.5) is 0 Å². The number of fused-ring (bicyclic) bond motifs is 1. The average Bonchev–Trinajstić information content (AvgIpc) is 3.44. The van der Waals surface area contributed by atoms with Crippen LogP contribution in [-0.4, -0.2) is 47.5 Å². The second kappa shape index (κ2) is 10.8. The molecule has 2 amide bonds. The topological polar surface area (TPSA) is 97.4 Å². The van der Waals surface area contributed by atoms with Crippen LogP contribution in [-0.2, 0) is 6.54 Å². The Kier molecular flexibility index (Phi) is 7.14. The van der Waals surface area contributed by atoms with E-state index >= 15 is 0 Å². The molecule has 1 aromatic heterocycles. The van der Waals surface area contributed by atoms with Crippen molar-refractivity contribution in [2.45, 2.75) is 19.4 Å². The summed E-state index contributed by atoms with van der Waals surface area (Å²) in [6.07, 6.45) is 4.26. The number of pyridine rings is 1. The molecule has 1 aliphatic heterocycles. The van der Waals surface area contributed by atoms with Gasteiger partial charge in [0.25, 0.3) is 11.5 Å². The van der Waals surface area contributed by atoms with Gasteiger partial charge in [-0.05, 0) is 90.5 Å². The summed E-state index contributed by atoms with van der Waals surface area (Å²) < 4.78 is 1.67. The number of aromatic nitrogens is 1. The van der Waals surface area contributed by atoms with Gasteiger partial charge < -0.3 is 20.5 Å². The van der Waals surface area contributed by atoms with Crippen LogP contribution in [0.2, 0.25) is 0 Å². The first-order valence-corrected chi connectivity index (χ1v) is 12.6. The molecule has 0 atom stereocenters. The molecule has 4 aromatic rings. The number of carbonyl (C=O) groups is 2. The average molecular weight is 495 g/mol. The summed E-state index contributed by atoms with van der Waals surface area (Å²) in [7, 11) is 0. The summed E-state index contributed by atoms with van der Waals surface area (Å²) in [6, 6.07) is 22.1. The van der Waals surface area contributed by atoms with Crippen molar-refractivity contribution in [1.29, 1.82) is 0 Å². The van der Waals surface area contributed by atoms with Gasteiger partial charge in [-0.2, -0.15) is 0 Å². The van der Waals surface area contributed by atoms with Gasteiger partial charge in [-0.1, -0.05) is 30.3 Å². The molecule has 2 heterocycles. The summed E-state index contributed by atoms with van der Waals surface area (Å²) in [5, 5.41) is 4.43. The van der Waals surface area contributed by atoms with Gasteiger partial charge in [-0.15, -0.1) is 0 Å². The van der Waals surface area contributed by atoms with Gasteiger partial charge in [-0.3, -0.25) is 14.4 Å². The van der Waals surface area contributed by atoms with E-state index in [1.54, 1.807) is 41.1 Å². The normalized spacial score (nSPS) is 13.6. The standard InChI is InChI=1S/C30H30N4O3/c31-28(35)26-5-3-4-23(19-26)24-10-11-27-25(18-24)12-16-34(30(27)37)20-21-6-8-22(9-7-21)29(36)32-13-17-33-14-1-2-15-33/h3-12,16,18-19H,1-2,13-15,17,20H2,(H2,31,35)(H,32,36). The minimum absolute atomic E-state index is 0.0780. The number of rotatable bonds is 8. The number of nitrogens with zero attached hydrogens (tertiary/aromatic N) is 2. The van der Waals surface area contributed by atoms with Gasteiger partial charge >= 0.3 is 0 Å². The van der Waals surface area contributed by atoms with Gasteiger partial charge in [-0.25, -0.2) is 0 Å². The van der Waals surface area contributed by atoms with E-state index in [1.807, 2.05) is 42.5 Å². The monoisotopic (exact) mass is 494 g/mol. The molecule has 3 N–H and O–H groups in total. The number of amides is 2. The molecule has 5 rings (SSSR count). The fourth-order valence-electron chi connectivity index (χ4n) is 4.84. The van der Waals surface area contributed by atoms with E-state index in [1.165, 1.54) is 12.8 Å². The van der Waals surface area contributed by atoms with Crippen LogP contribution in [0.15, 0.2) is 83.8 Å². The van der Waals surface area contributed by atoms with Crippen molar-refractivity contribution in [3.8, 4) is 11.1 Å². The summed E-state index contributed by atoms with van der Waals surface area (Å²) in [4.78, 5) is 39.5. The Morgan fingerprint density at radius 2 is 1.62 bits per heavy atom. The summed E-state index contributed by atoms with van der Waals surface area (Å²) >= 11 is 0. The zero-order valence-electron chi connectivity index (χ0n) is 20.7. The summed E-state index contributed by atoms with van der Waals surface area (Å²) in [6.45, 7) is 4.17. The molecule has 1 saturated heterocycles. The third kappa shape index (κ3) is 5.62. The number of hydrogen-bond donors (Lipinski definition) is 2. The molecule has 0 bridgehead atoms. The minimum Gasteiger partial charge on any atom is -0.366 e.